The fourth-order valence-corrected chi connectivity index (χ4v) is 3.18. The highest BCUT2D eigenvalue weighted by Crippen LogP contribution is 2.19. The zero-order valence-corrected chi connectivity index (χ0v) is 19.2. The summed E-state index contributed by atoms with van der Waals surface area (Å²) in [6.45, 7) is -0.559. The highest BCUT2D eigenvalue weighted by Gasteiger charge is 2.25. The van der Waals surface area contributed by atoms with Crippen molar-refractivity contribution < 1.29 is 49.1 Å². The van der Waals surface area contributed by atoms with Gasteiger partial charge in [0.25, 0.3) is 0 Å². The van der Waals surface area contributed by atoms with E-state index in [4.69, 9.17) is 25.8 Å². The quantitative estimate of drug-likeness (QED) is 0.128. The van der Waals surface area contributed by atoms with E-state index in [-0.39, 0.29) is 26.2 Å². The van der Waals surface area contributed by atoms with Gasteiger partial charge in [-0.3, -0.25) is 24.2 Å². The van der Waals surface area contributed by atoms with E-state index in [2.05, 4.69) is 0 Å². The van der Waals surface area contributed by atoms with Crippen LogP contribution in [0.1, 0.15) is 6.92 Å². The number of nitrogens with zero attached hydrogens (tertiary/aromatic N) is 3. The molecule has 0 unspecified atom stereocenters. The van der Waals surface area contributed by atoms with E-state index >= 15 is 0 Å². The van der Waals surface area contributed by atoms with Gasteiger partial charge >= 0.3 is 29.8 Å². The van der Waals surface area contributed by atoms with Crippen LogP contribution in [0.25, 0.3) is 0 Å². The minimum absolute atomic E-state index is 0.0239. The topological polar surface area (TPSA) is 211 Å². The van der Waals surface area contributed by atoms with E-state index in [1.165, 1.54) is 11.8 Å². The summed E-state index contributed by atoms with van der Waals surface area (Å²) in [6, 6.07) is 5.55. The molecule has 35 heavy (non-hydrogen) atoms. The van der Waals surface area contributed by atoms with Gasteiger partial charge in [0, 0.05) is 37.6 Å². The Balaban J connectivity index is 3.00. The summed E-state index contributed by atoms with van der Waals surface area (Å²) in [5, 5.41) is 36.0. The van der Waals surface area contributed by atoms with Gasteiger partial charge in [0.05, 0.1) is 19.6 Å². The van der Waals surface area contributed by atoms with Crippen molar-refractivity contribution in [2.75, 3.05) is 63.1 Å². The summed E-state index contributed by atoms with van der Waals surface area (Å²) in [4.78, 5) is 60.7. The van der Waals surface area contributed by atoms with E-state index in [1.807, 2.05) is 0 Å². The van der Waals surface area contributed by atoms with Gasteiger partial charge in [-0.25, -0.2) is 9.59 Å². The molecule has 0 saturated heterocycles. The fourth-order valence-electron chi connectivity index (χ4n) is 3.18. The number of hydrogen-bond donors (Lipinski definition) is 5. The Morgan fingerprint density at radius 1 is 0.771 bits per heavy atom. The molecule has 0 radical (unpaired) electrons. The predicted molar refractivity (Wildman–Crippen MR) is 122 cm³/mol. The van der Waals surface area contributed by atoms with Gasteiger partial charge in [-0.1, -0.05) is 0 Å². The third-order valence-corrected chi connectivity index (χ3v) is 4.84. The van der Waals surface area contributed by atoms with Gasteiger partial charge in [0.1, 0.15) is 6.04 Å². The third kappa shape index (κ3) is 11.7. The van der Waals surface area contributed by atoms with Gasteiger partial charge in [-0.15, -0.1) is 0 Å². The van der Waals surface area contributed by atoms with E-state index in [0.717, 1.165) is 4.90 Å². The molecule has 0 amide bonds. The van der Waals surface area contributed by atoms with Crippen LogP contribution in [0.5, 0.6) is 0 Å². The van der Waals surface area contributed by atoms with E-state index in [9.17, 15) is 29.1 Å². The molecule has 0 aromatic heterocycles. The molecule has 1 atom stereocenters. The van der Waals surface area contributed by atoms with E-state index < -0.39 is 62.1 Å². The number of nitrogen functional groups attached to an aromatic ring is 1. The Morgan fingerprint density at radius 3 is 1.71 bits per heavy atom. The fraction of sp³-hybridized carbons (Fsp3) is 0.476. The zero-order chi connectivity index (χ0) is 26.5. The molecule has 1 aromatic carbocycles. The van der Waals surface area contributed by atoms with Gasteiger partial charge in [0.2, 0.25) is 0 Å². The summed E-state index contributed by atoms with van der Waals surface area (Å²) in [5.74, 6) is -5.72. The molecule has 0 heterocycles. The first kappa shape index (κ1) is 29.1. The molecule has 194 valence electrons. The number of esters is 1. The smallest absolute Gasteiger partial charge is 0.341 e. The Kier molecular flexibility index (Phi) is 12.0. The Morgan fingerprint density at radius 2 is 1.23 bits per heavy atom. The number of anilines is 2. The second kappa shape index (κ2) is 14.4. The van der Waals surface area contributed by atoms with Crippen LogP contribution < -0.4 is 10.6 Å². The SMILES string of the molecule is C[C@@H](C(=O)OCC(=O)O)N(CCN(CCN(CC(=O)O)CC(=O)O)CC(=O)O)c1ccc(N)cc1. The molecule has 0 bridgehead atoms. The summed E-state index contributed by atoms with van der Waals surface area (Å²) in [5.41, 5.74) is 6.74. The molecule has 14 nitrogen and oxygen atoms in total. The van der Waals surface area contributed by atoms with Crippen molar-refractivity contribution in [3.8, 4) is 0 Å². The highest BCUT2D eigenvalue weighted by atomic mass is 16.6. The minimum Gasteiger partial charge on any atom is -0.480 e. The number of nitrogens with two attached hydrogens (primary N) is 1. The first-order chi connectivity index (χ1) is 16.4. The van der Waals surface area contributed by atoms with E-state index in [1.54, 1.807) is 29.2 Å². The van der Waals surface area contributed by atoms with E-state index in [0.29, 0.717) is 11.4 Å². The molecular weight excluding hydrogens is 468 g/mol. The number of carbonyl (C=O) groups is 5. The number of rotatable bonds is 17. The molecular formula is C21H30N4O10. The molecule has 6 N–H and O–H groups in total. The minimum atomic E-state index is -1.32. The number of hydrogen-bond acceptors (Lipinski definition) is 10. The average molecular weight is 498 g/mol. The number of carboxylic acid groups (broad SMARTS) is 4. The van der Waals surface area contributed by atoms with Crippen LogP contribution in [0, 0.1) is 0 Å². The van der Waals surface area contributed by atoms with Crippen molar-refractivity contribution in [3.05, 3.63) is 24.3 Å². The number of aliphatic carboxylic acids is 4. The third-order valence-electron chi connectivity index (χ3n) is 4.84. The Hall–Kier alpha value is -3.91. The maximum Gasteiger partial charge on any atom is 0.341 e. The van der Waals surface area contributed by atoms with Crippen molar-refractivity contribution in [1.29, 1.82) is 0 Å². The van der Waals surface area contributed by atoms with Crippen LogP contribution in [0.4, 0.5) is 11.4 Å². The van der Waals surface area contributed by atoms with Crippen LogP contribution in [0.15, 0.2) is 24.3 Å². The van der Waals surface area contributed by atoms with Gasteiger partial charge in [-0.2, -0.15) is 0 Å². The maximum atomic E-state index is 12.4. The van der Waals surface area contributed by atoms with Crippen LogP contribution in [0.3, 0.4) is 0 Å². The van der Waals surface area contributed by atoms with Crippen LogP contribution in [0.2, 0.25) is 0 Å². The molecule has 0 fully saturated rings. The molecule has 0 aliphatic carbocycles. The molecule has 14 heteroatoms. The van der Waals surface area contributed by atoms with Crippen molar-refractivity contribution >= 4 is 41.2 Å². The highest BCUT2D eigenvalue weighted by molar-refractivity contribution is 5.82. The van der Waals surface area contributed by atoms with Crippen LogP contribution in [-0.2, 0) is 28.7 Å². The average Bonchev–Trinajstić information content (AvgIpc) is 2.75. The largest absolute Gasteiger partial charge is 0.480 e. The lowest BCUT2D eigenvalue weighted by atomic mass is 10.2. The van der Waals surface area contributed by atoms with Crippen molar-refractivity contribution in [2.24, 2.45) is 0 Å². The summed E-state index contributed by atoms with van der Waals surface area (Å²) >= 11 is 0. The molecule has 0 spiro atoms. The van der Waals surface area contributed by atoms with Crippen LogP contribution in [-0.4, -0.2) is 119 Å². The first-order valence-electron chi connectivity index (χ1n) is 10.5. The lowest BCUT2D eigenvalue weighted by molar-refractivity contribution is -0.155. The predicted octanol–water partition coefficient (Wildman–Crippen LogP) is -1.05. The molecule has 1 rings (SSSR count). The number of ether oxygens (including phenoxy) is 1. The summed E-state index contributed by atoms with van der Waals surface area (Å²) < 4.78 is 4.79. The molecule has 0 aliphatic rings. The number of benzene rings is 1. The standard InChI is InChI=1S/C21H30N4O10/c1-14(21(34)35-13-20(32)33)25(16-4-2-15(22)3-5-16)9-8-23(10-17(26)27)6-7-24(11-18(28)29)12-19(30)31/h2-5,14H,6-13,22H2,1H3,(H,26,27)(H,28,29)(H,30,31)(H,32,33)/t14-/m0/s1. The second-order valence-electron chi connectivity index (χ2n) is 7.63. The second-order valence-corrected chi connectivity index (χ2v) is 7.63. The number of carboxylic acids is 4. The Bertz CT molecular complexity index is 877. The lowest BCUT2D eigenvalue weighted by Gasteiger charge is -2.32. The normalized spacial score (nSPS) is 11.7. The van der Waals surface area contributed by atoms with Crippen molar-refractivity contribution in [1.82, 2.24) is 9.80 Å². The Labute approximate surface area is 201 Å². The molecule has 1 aromatic rings. The molecule has 0 aliphatic heterocycles. The van der Waals surface area contributed by atoms with Gasteiger partial charge in [-0.05, 0) is 31.2 Å². The monoisotopic (exact) mass is 498 g/mol. The number of carbonyl (C=O) groups excluding carboxylic acids is 1. The van der Waals surface area contributed by atoms with Gasteiger partial charge in [0.15, 0.2) is 6.61 Å². The van der Waals surface area contributed by atoms with Crippen molar-refractivity contribution in [3.63, 3.8) is 0 Å². The zero-order valence-electron chi connectivity index (χ0n) is 19.2. The first-order valence-corrected chi connectivity index (χ1v) is 10.5. The maximum absolute atomic E-state index is 12.4. The lowest BCUT2D eigenvalue weighted by Crippen LogP contribution is -2.47. The summed E-state index contributed by atoms with van der Waals surface area (Å²) in [7, 11) is 0. The van der Waals surface area contributed by atoms with Crippen molar-refractivity contribution in [2.45, 2.75) is 13.0 Å². The molecule has 0 saturated carbocycles. The van der Waals surface area contributed by atoms with Crippen LogP contribution >= 0.6 is 0 Å². The van der Waals surface area contributed by atoms with Gasteiger partial charge < -0.3 is 35.8 Å². The summed E-state index contributed by atoms with van der Waals surface area (Å²) in [6.07, 6.45) is 0.